The maximum atomic E-state index is 9.03. The van der Waals surface area contributed by atoms with Crippen molar-refractivity contribution >= 4 is 0 Å². The first-order valence-corrected chi connectivity index (χ1v) is 5.11. The van der Waals surface area contributed by atoms with Crippen molar-refractivity contribution < 1.29 is 0 Å². The van der Waals surface area contributed by atoms with Crippen molar-refractivity contribution in [3.8, 4) is 24.3 Å². The zero-order valence-electron chi connectivity index (χ0n) is 8.77. The van der Waals surface area contributed by atoms with Crippen LogP contribution in [0.2, 0.25) is 0 Å². The maximum absolute atomic E-state index is 9.03. The van der Waals surface area contributed by atoms with Crippen LogP contribution in [0.4, 0.5) is 0 Å². The molecule has 0 aromatic carbocycles. The van der Waals surface area contributed by atoms with Crippen LogP contribution in [0.1, 0.15) is 25.7 Å². The normalized spacial score (nSPS) is 29.8. The molecular formula is C12H10N4. The Morgan fingerprint density at radius 3 is 2.19 bits per heavy atom. The lowest BCUT2D eigenvalue weighted by Gasteiger charge is -2.18. The van der Waals surface area contributed by atoms with E-state index >= 15 is 0 Å². The van der Waals surface area contributed by atoms with E-state index in [1.807, 2.05) is 18.2 Å². The van der Waals surface area contributed by atoms with Crippen molar-refractivity contribution in [3.05, 3.63) is 11.1 Å². The molecule has 0 N–H and O–H groups in total. The molecule has 0 aromatic rings. The summed E-state index contributed by atoms with van der Waals surface area (Å²) < 4.78 is 0. The monoisotopic (exact) mass is 210 g/mol. The fourth-order valence-electron chi connectivity index (χ4n) is 1.90. The predicted octanol–water partition coefficient (Wildman–Crippen LogP) is 2.18. The second kappa shape index (κ2) is 5.55. The lowest BCUT2D eigenvalue weighted by molar-refractivity contribution is 0.476. The van der Waals surface area contributed by atoms with Gasteiger partial charge < -0.3 is 0 Å². The highest BCUT2D eigenvalue weighted by Crippen LogP contribution is 2.31. The van der Waals surface area contributed by atoms with Crippen LogP contribution in [0.15, 0.2) is 11.1 Å². The minimum atomic E-state index is -0.745. The molecule has 0 fully saturated rings. The molecule has 0 saturated carbocycles. The third-order valence-corrected chi connectivity index (χ3v) is 2.79. The summed E-state index contributed by atoms with van der Waals surface area (Å²) in [6, 6.07) is 7.95. The van der Waals surface area contributed by atoms with Gasteiger partial charge in [0.05, 0.1) is 41.7 Å². The lowest BCUT2D eigenvalue weighted by atomic mass is 9.80. The highest BCUT2D eigenvalue weighted by Gasteiger charge is 2.29. The van der Waals surface area contributed by atoms with E-state index in [0.29, 0.717) is 18.4 Å². The van der Waals surface area contributed by atoms with Crippen LogP contribution in [-0.4, -0.2) is 0 Å². The van der Waals surface area contributed by atoms with Crippen LogP contribution in [0, 0.1) is 57.2 Å². The van der Waals surface area contributed by atoms with Gasteiger partial charge >= 0.3 is 0 Å². The van der Waals surface area contributed by atoms with Crippen molar-refractivity contribution in [3.63, 3.8) is 0 Å². The molecule has 0 spiro atoms. The number of nitrogens with zero attached hydrogens (tertiary/aromatic N) is 4. The van der Waals surface area contributed by atoms with Gasteiger partial charge in [-0.3, -0.25) is 0 Å². The summed E-state index contributed by atoms with van der Waals surface area (Å²) >= 11 is 0. The molecule has 0 saturated heterocycles. The van der Waals surface area contributed by atoms with E-state index in [1.165, 1.54) is 0 Å². The average molecular weight is 210 g/mol. The molecule has 2 unspecified atom stereocenters. The minimum Gasteiger partial charge on any atom is -0.198 e. The van der Waals surface area contributed by atoms with E-state index in [0.717, 1.165) is 12.8 Å². The molecule has 78 valence electrons. The summed E-state index contributed by atoms with van der Waals surface area (Å²) in [5, 5.41) is 35.9. The van der Waals surface area contributed by atoms with Gasteiger partial charge in [0, 0.05) is 5.57 Å². The Labute approximate surface area is 94.6 Å². The van der Waals surface area contributed by atoms with Crippen LogP contribution in [0.5, 0.6) is 0 Å². The highest BCUT2D eigenvalue weighted by atomic mass is 14.4. The number of hydrogen-bond acceptors (Lipinski definition) is 4. The Bertz CT molecular complexity index is 461. The summed E-state index contributed by atoms with van der Waals surface area (Å²) in [7, 11) is 0. The molecule has 0 aromatic heterocycles. The molecule has 1 aliphatic rings. The van der Waals surface area contributed by atoms with Gasteiger partial charge in [-0.2, -0.15) is 21.0 Å². The van der Waals surface area contributed by atoms with Gasteiger partial charge in [-0.1, -0.05) is 6.42 Å². The Balaban J connectivity index is 3.25. The second-order valence-electron chi connectivity index (χ2n) is 3.70. The number of allylic oxidation sites excluding steroid dienone is 2. The molecule has 0 aliphatic heterocycles. The Kier molecular flexibility index (Phi) is 4.08. The molecule has 0 heterocycles. The topological polar surface area (TPSA) is 95.2 Å². The van der Waals surface area contributed by atoms with Crippen LogP contribution < -0.4 is 0 Å². The van der Waals surface area contributed by atoms with Crippen LogP contribution in [0.3, 0.4) is 0 Å². The van der Waals surface area contributed by atoms with E-state index in [4.69, 9.17) is 21.0 Å². The smallest absolute Gasteiger partial charge is 0.0980 e. The molecule has 4 nitrogen and oxygen atoms in total. The molecule has 2 atom stereocenters. The maximum Gasteiger partial charge on any atom is 0.0980 e. The summed E-state index contributed by atoms with van der Waals surface area (Å²) in [6.45, 7) is 0. The van der Waals surface area contributed by atoms with Gasteiger partial charge in [-0.05, 0) is 19.3 Å². The first kappa shape index (κ1) is 11.8. The fraction of sp³-hybridized carbons (Fsp3) is 0.500. The molecule has 1 rings (SSSR count). The summed E-state index contributed by atoms with van der Waals surface area (Å²) in [5.41, 5.74) is 0.560. The minimum absolute atomic E-state index is 0.191. The number of hydrogen-bond donors (Lipinski definition) is 0. The van der Waals surface area contributed by atoms with E-state index in [-0.39, 0.29) is 5.57 Å². The Morgan fingerprint density at radius 1 is 0.938 bits per heavy atom. The van der Waals surface area contributed by atoms with E-state index in [1.54, 1.807) is 0 Å². The van der Waals surface area contributed by atoms with E-state index in [9.17, 15) is 0 Å². The molecule has 1 aliphatic carbocycles. The first-order chi connectivity index (χ1) is 7.78. The fourth-order valence-corrected chi connectivity index (χ4v) is 1.90. The van der Waals surface area contributed by atoms with Gasteiger partial charge in [-0.25, -0.2) is 0 Å². The number of rotatable bonds is 0. The molecule has 0 amide bonds. The Hall–Kier alpha value is -2.30. The molecule has 0 bridgehead atoms. The zero-order valence-corrected chi connectivity index (χ0v) is 8.77. The van der Waals surface area contributed by atoms with Crippen molar-refractivity contribution in [1.82, 2.24) is 0 Å². The van der Waals surface area contributed by atoms with Gasteiger partial charge in [0.25, 0.3) is 0 Å². The van der Waals surface area contributed by atoms with Gasteiger partial charge in [0.2, 0.25) is 0 Å². The largest absolute Gasteiger partial charge is 0.198 e. The number of nitriles is 4. The SMILES string of the molecule is N#C/C1=C(\C#N)C(C#N)C(C#N)CCCC1. The quantitative estimate of drug-likeness (QED) is 0.612. The second-order valence-corrected chi connectivity index (χ2v) is 3.70. The van der Waals surface area contributed by atoms with Crippen LogP contribution in [0.25, 0.3) is 0 Å². The van der Waals surface area contributed by atoms with Crippen LogP contribution >= 0.6 is 0 Å². The third kappa shape index (κ3) is 2.20. The lowest BCUT2D eigenvalue weighted by Crippen LogP contribution is -2.17. The standard InChI is InChI=1S/C12H10N4/c13-5-9-3-1-2-4-10(6-14)12(8-16)11(9)7-15/h9,11H,1-4H2/b12-10+. The predicted molar refractivity (Wildman–Crippen MR) is 54.9 cm³/mol. The molecule has 4 heteroatoms. The third-order valence-electron chi connectivity index (χ3n) is 2.79. The van der Waals surface area contributed by atoms with Gasteiger partial charge in [-0.15, -0.1) is 0 Å². The van der Waals surface area contributed by atoms with Gasteiger partial charge in [0.15, 0.2) is 0 Å². The highest BCUT2D eigenvalue weighted by molar-refractivity contribution is 5.42. The summed E-state index contributed by atoms with van der Waals surface area (Å²) in [4.78, 5) is 0. The molecule has 0 radical (unpaired) electrons. The average Bonchev–Trinajstić information content (AvgIpc) is 2.30. The molecular weight excluding hydrogens is 200 g/mol. The first-order valence-electron chi connectivity index (χ1n) is 5.11. The summed E-state index contributed by atoms with van der Waals surface area (Å²) in [5.74, 6) is -1.21. The van der Waals surface area contributed by atoms with Crippen LogP contribution in [-0.2, 0) is 0 Å². The van der Waals surface area contributed by atoms with Gasteiger partial charge in [0.1, 0.15) is 0 Å². The van der Waals surface area contributed by atoms with Crippen molar-refractivity contribution in [2.24, 2.45) is 11.8 Å². The van der Waals surface area contributed by atoms with E-state index in [2.05, 4.69) is 6.07 Å². The van der Waals surface area contributed by atoms with E-state index < -0.39 is 11.8 Å². The Morgan fingerprint density at radius 2 is 1.69 bits per heavy atom. The summed E-state index contributed by atoms with van der Waals surface area (Å²) in [6.07, 6.45) is 2.78. The van der Waals surface area contributed by atoms with Crippen molar-refractivity contribution in [2.75, 3.05) is 0 Å². The zero-order chi connectivity index (χ0) is 12.0. The van der Waals surface area contributed by atoms with Crippen molar-refractivity contribution in [1.29, 1.82) is 21.0 Å². The molecule has 16 heavy (non-hydrogen) atoms. The van der Waals surface area contributed by atoms with Crippen molar-refractivity contribution in [2.45, 2.75) is 25.7 Å².